The van der Waals surface area contributed by atoms with Gasteiger partial charge in [-0.25, -0.2) is 0 Å². The first-order chi connectivity index (χ1) is 13.7. The molecule has 1 aromatic rings. The van der Waals surface area contributed by atoms with Crippen LogP contribution < -0.4 is 0 Å². The fourth-order valence-corrected chi connectivity index (χ4v) is 4.34. The molecule has 28 heavy (non-hydrogen) atoms. The highest BCUT2D eigenvalue weighted by Crippen LogP contribution is 2.33. The van der Waals surface area contributed by atoms with Gasteiger partial charge in [-0.3, -0.25) is 0 Å². The number of halogens is 1. The van der Waals surface area contributed by atoms with E-state index in [2.05, 4.69) is 24.9 Å². The van der Waals surface area contributed by atoms with Gasteiger partial charge in [0.1, 0.15) is 0 Å². The molecule has 2 heterocycles. The zero-order valence-electron chi connectivity index (χ0n) is 16.0. The Morgan fingerprint density at radius 2 is 2.11 bits per heavy atom. The third-order valence-electron chi connectivity index (χ3n) is 5.04. The van der Waals surface area contributed by atoms with Crippen LogP contribution in [0.5, 0.6) is 0 Å². The Hall–Kier alpha value is -0.0651. The van der Waals surface area contributed by atoms with Gasteiger partial charge in [0.15, 0.2) is 6.29 Å². The van der Waals surface area contributed by atoms with E-state index < -0.39 is 0 Å². The molecule has 1 unspecified atom stereocenters. The van der Waals surface area contributed by atoms with Crippen molar-refractivity contribution in [3.8, 4) is 0 Å². The third kappa shape index (κ3) is 7.02. The lowest BCUT2D eigenvalue weighted by Crippen LogP contribution is -2.35. The molecule has 8 heteroatoms. The molecule has 0 N–H and O–H groups in total. The van der Waals surface area contributed by atoms with E-state index >= 15 is 0 Å². The van der Waals surface area contributed by atoms with E-state index in [9.17, 15) is 0 Å². The zero-order valence-corrected chi connectivity index (χ0v) is 18.7. The molecule has 153 valence electrons. The van der Waals surface area contributed by atoms with Crippen molar-refractivity contribution in [2.75, 3.05) is 13.2 Å². The summed E-state index contributed by atoms with van der Waals surface area (Å²) >= 11 is 10.1. The minimum atomic E-state index is -0.337. The molecule has 0 bridgehead atoms. The molecule has 1 radical (unpaired) electrons. The standard InChI is InChI=1S/C20H28BClO4PS/c1-14-9-17(6-8-24-21-27-28)25-19(10-14)12-18-5-7-23-20(26-18)16-4-2-3-15(11-16)13-22/h2-4,11,17-20,27-28H,1,5-10,12-13H2/t17-,18-,19+,20-/m0/s1. The summed E-state index contributed by atoms with van der Waals surface area (Å²) in [5, 5.41) is 0. The van der Waals surface area contributed by atoms with Gasteiger partial charge in [0.05, 0.1) is 24.9 Å². The molecule has 2 aliphatic heterocycles. The molecule has 2 saturated heterocycles. The summed E-state index contributed by atoms with van der Waals surface area (Å²) in [6.45, 7) is 5.56. The molecule has 4 nitrogen and oxygen atoms in total. The number of rotatable bonds is 9. The number of thiol groups is 1. The number of hydrogen-bond acceptors (Lipinski definition) is 5. The molecule has 0 saturated carbocycles. The van der Waals surface area contributed by atoms with Crippen LogP contribution in [-0.2, 0) is 24.7 Å². The minimum Gasteiger partial charge on any atom is -0.434 e. The predicted molar refractivity (Wildman–Crippen MR) is 119 cm³/mol. The lowest BCUT2D eigenvalue weighted by molar-refractivity contribution is -0.225. The second kappa shape index (κ2) is 12.0. The molecule has 1 aromatic carbocycles. The first-order valence-electron chi connectivity index (χ1n) is 9.74. The molecule has 3 rings (SSSR count). The molecular formula is C20H28BClO4PS. The Bertz CT molecular complexity index is 638. The molecule has 2 fully saturated rings. The van der Waals surface area contributed by atoms with Crippen LogP contribution in [0.3, 0.4) is 0 Å². The van der Waals surface area contributed by atoms with E-state index in [1.54, 1.807) is 7.20 Å². The first kappa shape index (κ1) is 22.6. The molecular weight excluding hydrogens is 414 g/mol. The average Bonchev–Trinajstić information content (AvgIpc) is 2.71. The minimum absolute atomic E-state index is 0.116. The van der Waals surface area contributed by atoms with Crippen LogP contribution >= 0.6 is 31.5 Å². The maximum Gasteiger partial charge on any atom is 0.332 e. The third-order valence-corrected chi connectivity index (χ3v) is 5.94. The normalized spacial score (nSPS) is 28.7. The Labute approximate surface area is 180 Å². The topological polar surface area (TPSA) is 36.9 Å². The number of benzene rings is 1. The number of hydrogen-bond donors (Lipinski definition) is 1. The molecule has 0 amide bonds. The fourth-order valence-electron chi connectivity index (χ4n) is 3.75. The van der Waals surface area contributed by atoms with E-state index in [1.807, 2.05) is 18.2 Å². The van der Waals surface area contributed by atoms with E-state index in [1.165, 1.54) is 5.57 Å². The van der Waals surface area contributed by atoms with Crippen molar-refractivity contribution < 1.29 is 18.9 Å². The lowest BCUT2D eigenvalue weighted by Gasteiger charge is -2.36. The highest BCUT2D eigenvalue weighted by molar-refractivity contribution is 8.46. The van der Waals surface area contributed by atoms with Crippen LogP contribution in [0.15, 0.2) is 36.4 Å². The van der Waals surface area contributed by atoms with Crippen LogP contribution in [0.2, 0.25) is 0 Å². The van der Waals surface area contributed by atoms with Gasteiger partial charge in [-0.1, -0.05) is 38.0 Å². The van der Waals surface area contributed by atoms with Gasteiger partial charge in [-0.05, 0) is 37.3 Å². The van der Waals surface area contributed by atoms with Crippen LogP contribution in [0.1, 0.15) is 49.5 Å². The van der Waals surface area contributed by atoms with Gasteiger partial charge >= 0.3 is 7.20 Å². The highest BCUT2D eigenvalue weighted by atomic mass is 35.5. The predicted octanol–water partition coefficient (Wildman–Crippen LogP) is 5.19. The maximum absolute atomic E-state index is 6.31. The smallest absolute Gasteiger partial charge is 0.332 e. The summed E-state index contributed by atoms with van der Waals surface area (Å²) in [6.07, 6.45) is 4.49. The molecule has 0 aliphatic carbocycles. The van der Waals surface area contributed by atoms with Crippen LogP contribution in [0.25, 0.3) is 0 Å². The fraction of sp³-hybridized carbons (Fsp3) is 0.600. The van der Waals surface area contributed by atoms with Crippen molar-refractivity contribution in [1.82, 2.24) is 0 Å². The van der Waals surface area contributed by atoms with Gasteiger partial charge in [0, 0.05) is 24.5 Å². The second-order valence-electron chi connectivity index (χ2n) is 7.31. The van der Waals surface area contributed by atoms with E-state index in [-0.39, 0.29) is 24.6 Å². The maximum atomic E-state index is 6.31. The quantitative estimate of drug-likeness (QED) is 0.143. The van der Waals surface area contributed by atoms with Gasteiger partial charge in [-0.15, -0.1) is 11.6 Å². The lowest BCUT2D eigenvalue weighted by atomic mass is 9.94. The molecule has 0 spiro atoms. The van der Waals surface area contributed by atoms with Crippen LogP contribution in [-0.4, -0.2) is 38.7 Å². The Balaban J connectivity index is 1.51. The Kier molecular flexibility index (Phi) is 9.65. The summed E-state index contributed by atoms with van der Waals surface area (Å²) < 4.78 is 23.8. The summed E-state index contributed by atoms with van der Waals surface area (Å²) in [6, 6.07) is 8.09. The summed E-state index contributed by atoms with van der Waals surface area (Å²) in [4.78, 5) is 0. The van der Waals surface area contributed by atoms with Gasteiger partial charge in [0.2, 0.25) is 0 Å². The monoisotopic (exact) mass is 441 g/mol. The van der Waals surface area contributed by atoms with Crippen molar-refractivity contribution in [2.24, 2.45) is 0 Å². The summed E-state index contributed by atoms with van der Waals surface area (Å²) in [5.41, 5.74) is 3.34. The van der Waals surface area contributed by atoms with Gasteiger partial charge in [-0.2, -0.15) is 12.2 Å². The van der Waals surface area contributed by atoms with Crippen molar-refractivity contribution in [3.63, 3.8) is 0 Å². The van der Waals surface area contributed by atoms with Crippen molar-refractivity contribution in [1.29, 1.82) is 0 Å². The highest BCUT2D eigenvalue weighted by Gasteiger charge is 2.31. The number of ether oxygens (including phenoxy) is 3. The summed E-state index contributed by atoms with van der Waals surface area (Å²) in [5.74, 6) is 0.485. The SMILES string of the molecule is C=C1C[C@H](C[C@@H]2CCO[C@H](c3cccc(CCl)c3)O2)O[C@@H](CCO[B]PS)C1. The first-order valence-corrected chi connectivity index (χ1v) is 12.6. The van der Waals surface area contributed by atoms with Gasteiger partial charge < -0.3 is 18.9 Å². The van der Waals surface area contributed by atoms with E-state index in [4.69, 9.17) is 30.5 Å². The van der Waals surface area contributed by atoms with Crippen LogP contribution in [0, 0.1) is 0 Å². The van der Waals surface area contributed by atoms with E-state index in [0.717, 1.165) is 43.2 Å². The largest absolute Gasteiger partial charge is 0.434 e. The number of alkyl halides is 1. The molecule has 0 aromatic heterocycles. The Morgan fingerprint density at radius 3 is 2.93 bits per heavy atom. The average molecular weight is 442 g/mol. The molecule has 5 atom stereocenters. The van der Waals surface area contributed by atoms with Crippen molar-refractivity contribution in [3.05, 3.63) is 47.5 Å². The van der Waals surface area contributed by atoms with Gasteiger partial charge in [0.25, 0.3) is 0 Å². The van der Waals surface area contributed by atoms with Crippen molar-refractivity contribution in [2.45, 2.75) is 62.6 Å². The molecule has 2 aliphatic rings. The second-order valence-corrected chi connectivity index (χ2v) is 8.84. The van der Waals surface area contributed by atoms with Crippen LogP contribution in [0.4, 0.5) is 0 Å². The van der Waals surface area contributed by atoms with E-state index in [0.29, 0.717) is 26.8 Å². The van der Waals surface area contributed by atoms with Crippen molar-refractivity contribution >= 4 is 38.7 Å². The summed E-state index contributed by atoms with van der Waals surface area (Å²) in [7, 11) is 2.15. The zero-order chi connectivity index (χ0) is 19.8. The Morgan fingerprint density at radius 1 is 1.25 bits per heavy atom.